The summed E-state index contributed by atoms with van der Waals surface area (Å²) in [5, 5.41) is 3.42. The first kappa shape index (κ1) is 19.4. The number of carbonyl (C=O) groups excluding carboxylic acids is 1. The Morgan fingerprint density at radius 2 is 1.83 bits per heavy atom. The van der Waals surface area contributed by atoms with Gasteiger partial charge in [-0.25, -0.2) is 4.98 Å². The Bertz CT molecular complexity index is 1270. The average Bonchev–Trinajstić information content (AvgIpc) is 2.79. The molecule has 1 N–H and O–H groups in total. The number of carbonyl (C=O) groups is 1. The summed E-state index contributed by atoms with van der Waals surface area (Å²) in [5.74, 6) is 0.436. The van der Waals surface area contributed by atoms with Crippen LogP contribution < -0.4 is 15.6 Å². The molecule has 0 spiro atoms. The van der Waals surface area contributed by atoms with Crippen LogP contribution in [0.5, 0.6) is 5.75 Å². The van der Waals surface area contributed by atoms with E-state index in [1.807, 2.05) is 55.5 Å². The maximum atomic E-state index is 13.0. The van der Waals surface area contributed by atoms with Crippen molar-refractivity contribution in [3.05, 3.63) is 101 Å². The molecule has 1 atom stereocenters. The van der Waals surface area contributed by atoms with Gasteiger partial charge in [-0.3, -0.25) is 14.2 Å². The van der Waals surface area contributed by atoms with E-state index in [1.165, 1.54) is 10.9 Å². The number of methoxy groups -OCH3 is 1. The number of aromatic nitrogens is 2. The molecule has 0 saturated carbocycles. The summed E-state index contributed by atoms with van der Waals surface area (Å²) in [6, 6.07) is 21.7. The highest BCUT2D eigenvalue weighted by molar-refractivity contribution is 5.97. The third-order valence-corrected chi connectivity index (χ3v) is 5.00. The first-order chi connectivity index (χ1) is 14.6. The van der Waals surface area contributed by atoms with Crippen molar-refractivity contribution in [3.8, 4) is 11.4 Å². The molecule has 0 aliphatic heterocycles. The second-order valence-electron chi connectivity index (χ2n) is 6.96. The third kappa shape index (κ3) is 3.80. The number of benzene rings is 3. The van der Waals surface area contributed by atoms with Crippen molar-refractivity contribution in [2.75, 3.05) is 7.11 Å². The van der Waals surface area contributed by atoms with Crippen LogP contribution in [0, 0.1) is 0 Å². The van der Waals surface area contributed by atoms with E-state index in [0.717, 1.165) is 5.56 Å². The summed E-state index contributed by atoms with van der Waals surface area (Å²) >= 11 is 0. The quantitative estimate of drug-likeness (QED) is 0.553. The first-order valence-electron chi connectivity index (χ1n) is 9.58. The number of nitrogens with zero attached hydrogens (tertiary/aromatic N) is 2. The molecule has 0 saturated heterocycles. The number of rotatable bonds is 5. The lowest BCUT2D eigenvalue weighted by atomic mass is 10.1. The molecule has 3 aromatic carbocycles. The zero-order chi connectivity index (χ0) is 21.1. The molecule has 1 aromatic heterocycles. The van der Waals surface area contributed by atoms with Crippen LogP contribution in [0.2, 0.25) is 0 Å². The van der Waals surface area contributed by atoms with Gasteiger partial charge in [0.1, 0.15) is 12.1 Å². The zero-order valence-corrected chi connectivity index (χ0v) is 16.7. The van der Waals surface area contributed by atoms with Crippen molar-refractivity contribution in [2.45, 2.75) is 13.0 Å². The topological polar surface area (TPSA) is 73.2 Å². The van der Waals surface area contributed by atoms with Crippen LogP contribution in [-0.4, -0.2) is 22.6 Å². The molecule has 1 heterocycles. The number of hydrogen-bond donors (Lipinski definition) is 1. The SMILES string of the molecule is COc1cccc(-n2cnc3cc(C(=O)N[C@H](C)c4ccccc4)ccc3c2=O)c1. The minimum atomic E-state index is -0.216. The molecule has 1 amide bonds. The van der Waals surface area contributed by atoms with Crippen LogP contribution in [0.3, 0.4) is 0 Å². The van der Waals surface area contributed by atoms with Crippen molar-refractivity contribution in [2.24, 2.45) is 0 Å². The molecule has 4 rings (SSSR count). The Balaban J connectivity index is 1.63. The van der Waals surface area contributed by atoms with Crippen molar-refractivity contribution >= 4 is 16.8 Å². The molecule has 150 valence electrons. The van der Waals surface area contributed by atoms with Gasteiger partial charge >= 0.3 is 0 Å². The summed E-state index contributed by atoms with van der Waals surface area (Å²) in [6.07, 6.45) is 1.47. The molecule has 0 aliphatic rings. The normalized spacial score (nSPS) is 11.8. The third-order valence-electron chi connectivity index (χ3n) is 5.00. The minimum absolute atomic E-state index is 0.136. The van der Waals surface area contributed by atoms with E-state index >= 15 is 0 Å². The predicted molar refractivity (Wildman–Crippen MR) is 116 cm³/mol. The Labute approximate surface area is 173 Å². The molecule has 0 unspecified atom stereocenters. The van der Waals surface area contributed by atoms with Crippen molar-refractivity contribution < 1.29 is 9.53 Å². The van der Waals surface area contributed by atoms with E-state index in [9.17, 15) is 9.59 Å². The molecule has 0 fully saturated rings. The Hall–Kier alpha value is -3.93. The Morgan fingerprint density at radius 1 is 1.03 bits per heavy atom. The summed E-state index contributed by atoms with van der Waals surface area (Å²) in [5.41, 5.74) is 2.39. The highest BCUT2D eigenvalue weighted by Gasteiger charge is 2.14. The van der Waals surface area contributed by atoms with Crippen LogP contribution in [0.4, 0.5) is 0 Å². The van der Waals surface area contributed by atoms with E-state index < -0.39 is 0 Å². The number of amides is 1. The van der Waals surface area contributed by atoms with Gasteiger partial charge in [-0.1, -0.05) is 36.4 Å². The highest BCUT2D eigenvalue weighted by Crippen LogP contribution is 2.17. The second-order valence-corrected chi connectivity index (χ2v) is 6.96. The molecule has 30 heavy (non-hydrogen) atoms. The van der Waals surface area contributed by atoms with E-state index in [4.69, 9.17) is 4.74 Å². The van der Waals surface area contributed by atoms with E-state index in [-0.39, 0.29) is 17.5 Å². The Morgan fingerprint density at radius 3 is 2.60 bits per heavy atom. The molecular formula is C24H21N3O3. The lowest BCUT2D eigenvalue weighted by Gasteiger charge is -2.14. The van der Waals surface area contributed by atoms with Gasteiger partial charge in [0.2, 0.25) is 0 Å². The van der Waals surface area contributed by atoms with Crippen LogP contribution >= 0.6 is 0 Å². The maximum absolute atomic E-state index is 13.0. The second kappa shape index (κ2) is 8.21. The standard InChI is InChI=1S/C24H21N3O3/c1-16(17-7-4-3-5-8-17)26-23(28)18-11-12-21-22(13-18)25-15-27(24(21)29)19-9-6-10-20(14-19)30-2/h3-16H,1-2H3,(H,26,28)/t16-/m1/s1. The van der Waals surface area contributed by atoms with E-state index in [2.05, 4.69) is 10.3 Å². The molecule has 4 aromatic rings. The number of ether oxygens (including phenoxy) is 1. The van der Waals surface area contributed by atoms with Gasteiger partial charge in [-0.05, 0) is 42.8 Å². The monoisotopic (exact) mass is 399 g/mol. The summed E-state index contributed by atoms with van der Waals surface area (Å²) in [6.45, 7) is 1.93. The number of nitrogens with one attached hydrogen (secondary N) is 1. The van der Waals surface area contributed by atoms with Gasteiger partial charge in [0.05, 0.1) is 29.7 Å². The molecule has 0 aliphatic carbocycles. The highest BCUT2D eigenvalue weighted by atomic mass is 16.5. The summed E-state index contributed by atoms with van der Waals surface area (Å²) in [7, 11) is 1.58. The fourth-order valence-corrected chi connectivity index (χ4v) is 3.31. The van der Waals surface area contributed by atoms with Gasteiger partial charge in [-0.15, -0.1) is 0 Å². The van der Waals surface area contributed by atoms with Gasteiger partial charge in [0.15, 0.2) is 0 Å². The first-order valence-corrected chi connectivity index (χ1v) is 9.58. The smallest absolute Gasteiger partial charge is 0.265 e. The van der Waals surface area contributed by atoms with Crippen LogP contribution in [0.1, 0.15) is 28.9 Å². The number of fused-ring (bicyclic) bond motifs is 1. The van der Waals surface area contributed by atoms with Crippen molar-refractivity contribution in [1.29, 1.82) is 0 Å². The largest absolute Gasteiger partial charge is 0.497 e. The van der Waals surface area contributed by atoms with Gasteiger partial charge in [-0.2, -0.15) is 0 Å². The predicted octanol–water partition coefficient (Wildman–Crippen LogP) is 3.89. The van der Waals surface area contributed by atoms with Gasteiger partial charge in [0.25, 0.3) is 11.5 Å². The van der Waals surface area contributed by atoms with E-state index in [1.54, 1.807) is 31.4 Å². The zero-order valence-electron chi connectivity index (χ0n) is 16.7. The van der Waals surface area contributed by atoms with Crippen molar-refractivity contribution in [3.63, 3.8) is 0 Å². The molecular weight excluding hydrogens is 378 g/mol. The van der Waals surface area contributed by atoms with Crippen LogP contribution in [0.25, 0.3) is 16.6 Å². The summed E-state index contributed by atoms with van der Waals surface area (Å²) < 4.78 is 6.69. The van der Waals surface area contributed by atoms with Crippen molar-refractivity contribution in [1.82, 2.24) is 14.9 Å². The molecule has 6 heteroatoms. The lowest BCUT2D eigenvalue weighted by molar-refractivity contribution is 0.0940. The van der Waals surface area contributed by atoms with Gasteiger partial charge < -0.3 is 10.1 Å². The number of hydrogen-bond acceptors (Lipinski definition) is 4. The average molecular weight is 399 g/mol. The summed E-state index contributed by atoms with van der Waals surface area (Å²) in [4.78, 5) is 30.0. The molecule has 0 radical (unpaired) electrons. The van der Waals surface area contributed by atoms with Crippen LogP contribution in [0.15, 0.2) is 83.9 Å². The lowest BCUT2D eigenvalue weighted by Crippen LogP contribution is -2.26. The van der Waals surface area contributed by atoms with Crippen LogP contribution in [-0.2, 0) is 0 Å². The maximum Gasteiger partial charge on any atom is 0.265 e. The molecule has 0 bridgehead atoms. The Kier molecular flexibility index (Phi) is 5.30. The minimum Gasteiger partial charge on any atom is -0.497 e. The molecule has 6 nitrogen and oxygen atoms in total. The van der Waals surface area contributed by atoms with Gasteiger partial charge in [0, 0.05) is 11.6 Å². The fraction of sp³-hybridized carbons (Fsp3) is 0.125. The van der Waals surface area contributed by atoms with E-state index in [0.29, 0.717) is 27.9 Å². The fourth-order valence-electron chi connectivity index (χ4n) is 3.31.